The second kappa shape index (κ2) is 8.50. The first-order valence-corrected chi connectivity index (χ1v) is 10.4. The molecule has 0 aromatic heterocycles. The number of benzene rings is 1. The van der Waals surface area contributed by atoms with Crippen molar-refractivity contribution in [3.63, 3.8) is 0 Å². The number of nitrogens with one attached hydrogen (secondary N) is 1. The predicted octanol–water partition coefficient (Wildman–Crippen LogP) is 2.57. The molecule has 0 bridgehead atoms. The smallest absolute Gasteiger partial charge is 0.336 e. The van der Waals surface area contributed by atoms with Crippen LogP contribution in [-0.4, -0.2) is 50.1 Å². The summed E-state index contributed by atoms with van der Waals surface area (Å²) in [5.41, 5.74) is 3.19. The van der Waals surface area contributed by atoms with Crippen molar-refractivity contribution < 1.29 is 24.0 Å². The number of esters is 1. The van der Waals surface area contributed by atoms with Gasteiger partial charge in [0, 0.05) is 48.5 Å². The lowest BCUT2D eigenvalue weighted by Crippen LogP contribution is -2.36. The van der Waals surface area contributed by atoms with Gasteiger partial charge in [0.05, 0.1) is 30.8 Å². The van der Waals surface area contributed by atoms with Crippen molar-refractivity contribution in [3.05, 3.63) is 56.4 Å². The van der Waals surface area contributed by atoms with E-state index in [4.69, 9.17) is 9.47 Å². The number of anilines is 1. The lowest BCUT2D eigenvalue weighted by atomic mass is 9.75. The number of rotatable bonds is 4. The van der Waals surface area contributed by atoms with E-state index in [0.717, 1.165) is 12.1 Å². The molecule has 0 saturated carbocycles. The van der Waals surface area contributed by atoms with Crippen LogP contribution in [0.2, 0.25) is 0 Å². The van der Waals surface area contributed by atoms with Crippen molar-refractivity contribution in [2.24, 2.45) is 0 Å². The van der Waals surface area contributed by atoms with Gasteiger partial charge in [-0.1, -0.05) is 6.07 Å². The second-order valence-corrected chi connectivity index (χ2v) is 7.86. The van der Waals surface area contributed by atoms with E-state index in [1.807, 2.05) is 4.90 Å². The summed E-state index contributed by atoms with van der Waals surface area (Å²) in [5, 5.41) is 15.1. The van der Waals surface area contributed by atoms with Crippen LogP contribution in [0.5, 0.6) is 0 Å². The molecule has 0 amide bonds. The van der Waals surface area contributed by atoms with E-state index >= 15 is 0 Å². The number of nitro groups is 1. The van der Waals surface area contributed by atoms with Crippen LogP contribution in [0.1, 0.15) is 37.7 Å². The van der Waals surface area contributed by atoms with Crippen molar-refractivity contribution in [2.75, 3.05) is 38.3 Å². The first-order chi connectivity index (χ1) is 14.9. The van der Waals surface area contributed by atoms with Gasteiger partial charge >= 0.3 is 5.97 Å². The highest BCUT2D eigenvalue weighted by molar-refractivity contribution is 6.03. The maximum absolute atomic E-state index is 12.9. The summed E-state index contributed by atoms with van der Waals surface area (Å²) in [4.78, 5) is 39.0. The predicted molar refractivity (Wildman–Crippen MR) is 113 cm³/mol. The number of dihydropyridines is 1. The fourth-order valence-corrected chi connectivity index (χ4v) is 4.64. The van der Waals surface area contributed by atoms with E-state index in [-0.39, 0.29) is 11.5 Å². The molecule has 9 nitrogen and oxygen atoms in total. The number of ketones is 1. The first-order valence-electron chi connectivity index (χ1n) is 10.4. The Balaban J connectivity index is 1.86. The lowest BCUT2D eigenvalue weighted by molar-refractivity contribution is -0.384. The van der Waals surface area contributed by atoms with Crippen molar-refractivity contribution in [2.45, 2.75) is 32.1 Å². The number of ether oxygens (including phenoxy) is 2. The molecule has 1 aromatic rings. The summed E-state index contributed by atoms with van der Waals surface area (Å²) in [6.07, 6.45) is 1.81. The fourth-order valence-electron chi connectivity index (χ4n) is 4.64. The van der Waals surface area contributed by atoms with E-state index in [2.05, 4.69) is 5.32 Å². The van der Waals surface area contributed by atoms with Gasteiger partial charge in [0.25, 0.3) is 5.69 Å². The zero-order valence-electron chi connectivity index (χ0n) is 17.6. The van der Waals surface area contributed by atoms with E-state index in [0.29, 0.717) is 67.2 Å². The third-order valence-corrected chi connectivity index (χ3v) is 6.06. The number of hydrogen-bond donors (Lipinski definition) is 1. The summed E-state index contributed by atoms with van der Waals surface area (Å²) in [6.45, 7) is 3.90. The highest BCUT2D eigenvalue weighted by atomic mass is 16.6. The molecular formula is C22H25N3O6. The van der Waals surface area contributed by atoms with Gasteiger partial charge in [-0.3, -0.25) is 14.9 Å². The molecule has 164 valence electrons. The number of Topliss-reactive ketones (excluding diaryl/α,β-unsaturated/α-hetero) is 1. The van der Waals surface area contributed by atoms with Gasteiger partial charge in [0.2, 0.25) is 0 Å². The highest BCUT2D eigenvalue weighted by Crippen LogP contribution is 2.44. The number of allylic oxidation sites excluding steroid dienone is 3. The Morgan fingerprint density at radius 2 is 2.03 bits per heavy atom. The van der Waals surface area contributed by atoms with Crippen LogP contribution in [0.15, 0.2) is 40.7 Å². The van der Waals surface area contributed by atoms with Crippen LogP contribution >= 0.6 is 0 Å². The van der Waals surface area contributed by atoms with E-state index in [1.165, 1.54) is 13.2 Å². The first kappa shape index (κ1) is 21.0. The average Bonchev–Trinajstić information content (AvgIpc) is 2.78. The number of morpholine rings is 1. The van der Waals surface area contributed by atoms with Gasteiger partial charge in [0.15, 0.2) is 5.78 Å². The molecule has 1 aliphatic carbocycles. The Labute approximate surface area is 179 Å². The van der Waals surface area contributed by atoms with Gasteiger partial charge in [0.1, 0.15) is 5.69 Å². The molecule has 1 atom stereocenters. The van der Waals surface area contributed by atoms with Crippen LogP contribution in [-0.2, 0) is 19.1 Å². The summed E-state index contributed by atoms with van der Waals surface area (Å²) in [6, 6.07) is 4.97. The SMILES string of the molecule is COC(=O)C1=C(C)NC2=C(C(=O)CCC2)C1c1ccc(N2CCOCC2)c([N+](=O)[O-])c1. The molecule has 1 unspecified atom stereocenters. The van der Waals surface area contributed by atoms with Crippen LogP contribution < -0.4 is 10.2 Å². The molecule has 3 aliphatic rings. The van der Waals surface area contributed by atoms with Gasteiger partial charge in [-0.15, -0.1) is 0 Å². The number of hydrogen-bond acceptors (Lipinski definition) is 8. The maximum Gasteiger partial charge on any atom is 0.336 e. The second-order valence-electron chi connectivity index (χ2n) is 7.86. The average molecular weight is 427 g/mol. The third kappa shape index (κ3) is 3.81. The molecule has 2 heterocycles. The lowest BCUT2D eigenvalue weighted by Gasteiger charge is -2.34. The summed E-state index contributed by atoms with van der Waals surface area (Å²) in [7, 11) is 1.29. The number of methoxy groups -OCH3 is 1. The quantitative estimate of drug-likeness (QED) is 0.443. The van der Waals surface area contributed by atoms with Crippen LogP contribution in [0.25, 0.3) is 0 Å². The molecule has 1 saturated heterocycles. The van der Waals surface area contributed by atoms with Gasteiger partial charge < -0.3 is 19.7 Å². The molecule has 0 spiro atoms. The summed E-state index contributed by atoms with van der Waals surface area (Å²) < 4.78 is 10.4. The van der Waals surface area contributed by atoms with E-state index in [9.17, 15) is 19.7 Å². The van der Waals surface area contributed by atoms with Gasteiger partial charge in [-0.25, -0.2) is 4.79 Å². The van der Waals surface area contributed by atoms with Crippen molar-refractivity contribution in [1.82, 2.24) is 5.32 Å². The van der Waals surface area contributed by atoms with E-state index < -0.39 is 16.8 Å². The van der Waals surface area contributed by atoms with E-state index in [1.54, 1.807) is 19.1 Å². The molecule has 9 heteroatoms. The third-order valence-electron chi connectivity index (χ3n) is 6.06. The number of carbonyl (C=O) groups excluding carboxylic acids is 2. The van der Waals surface area contributed by atoms with Gasteiger partial charge in [-0.05, 0) is 31.4 Å². The van der Waals surface area contributed by atoms with Crippen LogP contribution in [0.4, 0.5) is 11.4 Å². The minimum atomic E-state index is -0.700. The Morgan fingerprint density at radius 3 is 2.71 bits per heavy atom. The molecule has 1 aromatic carbocycles. The Bertz CT molecular complexity index is 1010. The minimum Gasteiger partial charge on any atom is -0.466 e. The maximum atomic E-state index is 12.9. The van der Waals surface area contributed by atoms with Crippen LogP contribution in [0, 0.1) is 10.1 Å². The molecule has 1 N–H and O–H groups in total. The molecule has 0 radical (unpaired) electrons. The number of nitro benzene ring substituents is 1. The van der Waals surface area contributed by atoms with Crippen LogP contribution in [0.3, 0.4) is 0 Å². The van der Waals surface area contributed by atoms with Crippen molar-refractivity contribution in [3.8, 4) is 0 Å². The minimum absolute atomic E-state index is 0.0486. The standard InChI is InChI=1S/C22H25N3O6/c1-13-19(22(27)30-2)20(21-15(23-13)4-3-5-18(21)26)14-6-7-16(17(12-14)25(28)29)24-8-10-31-11-9-24/h6-7,12,20,23H,3-5,8-11H2,1-2H3. The molecule has 31 heavy (non-hydrogen) atoms. The number of nitrogens with zero attached hydrogens (tertiary/aromatic N) is 2. The zero-order valence-corrected chi connectivity index (χ0v) is 17.6. The largest absolute Gasteiger partial charge is 0.466 e. The van der Waals surface area contributed by atoms with Crippen molar-refractivity contribution in [1.29, 1.82) is 0 Å². The highest BCUT2D eigenvalue weighted by Gasteiger charge is 2.39. The Hall–Kier alpha value is -3.20. The molecular weight excluding hydrogens is 402 g/mol. The molecule has 1 fully saturated rings. The molecule has 4 rings (SSSR count). The number of carbonyl (C=O) groups is 2. The monoisotopic (exact) mass is 427 g/mol. The molecule has 2 aliphatic heterocycles. The zero-order chi connectivity index (χ0) is 22.1. The fraction of sp³-hybridized carbons (Fsp3) is 0.455. The normalized spacial score (nSPS) is 21.5. The Morgan fingerprint density at radius 1 is 1.29 bits per heavy atom. The topological polar surface area (TPSA) is 111 Å². The van der Waals surface area contributed by atoms with Gasteiger partial charge in [-0.2, -0.15) is 0 Å². The van der Waals surface area contributed by atoms with Crippen molar-refractivity contribution >= 4 is 23.1 Å². The summed E-state index contributed by atoms with van der Waals surface area (Å²) in [5.74, 6) is -1.30. The Kier molecular flexibility index (Phi) is 5.77. The summed E-state index contributed by atoms with van der Waals surface area (Å²) >= 11 is 0.